The van der Waals surface area contributed by atoms with E-state index in [1.807, 2.05) is 0 Å². The van der Waals surface area contributed by atoms with Crippen LogP contribution in [0, 0.1) is 10.1 Å². The van der Waals surface area contributed by atoms with Crippen LogP contribution >= 0.6 is 0 Å². The van der Waals surface area contributed by atoms with Crippen LogP contribution in [0.1, 0.15) is 12.0 Å². The summed E-state index contributed by atoms with van der Waals surface area (Å²) in [5, 5.41) is 10.7. The Hall–Kier alpha value is -1.66. The molecule has 0 aliphatic carbocycles. The first-order valence-electron chi connectivity index (χ1n) is 5.64. The minimum atomic E-state index is -0.419. The first-order chi connectivity index (χ1) is 8.58. The topological polar surface area (TPSA) is 87.6 Å². The van der Waals surface area contributed by atoms with Gasteiger partial charge in [-0.15, -0.1) is 0 Å². The molecule has 6 heteroatoms. The van der Waals surface area contributed by atoms with Gasteiger partial charge in [-0.2, -0.15) is 0 Å². The van der Waals surface area contributed by atoms with Crippen molar-refractivity contribution in [2.24, 2.45) is 5.73 Å². The fourth-order valence-corrected chi connectivity index (χ4v) is 1.71. The summed E-state index contributed by atoms with van der Waals surface area (Å²) >= 11 is 0. The van der Waals surface area contributed by atoms with Crippen molar-refractivity contribution in [2.45, 2.75) is 18.9 Å². The van der Waals surface area contributed by atoms with Gasteiger partial charge in [0, 0.05) is 30.8 Å². The molecule has 0 amide bonds. The van der Waals surface area contributed by atoms with Crippen LogP contribution in [0.15, 0.2) is 18.2 Å². The zero-order chi connectivity index (χ0) is 13.5. The van der Waals surface area contributed by atoms with Crippen molar-refractivity contribution in [3.8, 4) is 5.75 Å². The molecule has 0 saturated heterocycles. The lowest BCUT2D eigenvalue weighted by Crippen LogP contribution is -2.26. The fourth-order valence-electron chi connectivity index (χ4n) is 1.71. The molecule has 18 heavy (non-hydrogen) atoms. The quantitative estimate of drug-likeness (QED) is 0.588. The summed E-state index contributed by atoms with van der Waals surface area (Å²) < 4.78 is 10.1. The Bertz CT molecular complexity index is 409. The summed E-state index contributed by atoms with van der Waals surface area (Å²) in [6.07, 6.45) is 1.31. The van der Waals surface area contributed by atoms with Gasteiger partial charge in [-0.3, -0.25) is 10.1 Å². The molecule has 0 aromatic heterocycles. The van der Waals surface area contributed by atoms with Gasteiger partial charge >= 0.3 is 0 Å². The summed E-state index contributed by atoms with van der Waals surface area (Å²) in [5.41, 5.74) is 6.67. The van der Waals surface area contributed by atoms with E-state index >= 15 is 0 Å². The number of nitrogens with zero attached hydrogens (tertiary/aromatic N) is 1. The molecule has 0 spiro atoms. The van der Waals surface area contributed by atoms with E-state index in [1.165, 1.54) is 12.1 Å². The SMILES string of the molecule is COCC(N)CCc1cc([N+](=O)[O-])ccc1OC. The van der Waals surface area contributed by atoms with Crippen LogP contribution in [-0.4, -0.2) is 31.8 Å². The van der Waals surface area contributed by atoms with Gasteiger partial charge in [-0.25, -0.2) is 0 Å². The molecule has 0 aliphatic heterocycles. The van der Waals surface area contributed by atoms with Gasteiger partial charge < -0.3 is 15.2 Å². The Labute approximate surface area is 106 Å². The predicted molar refractivity (Wildman–Crippen MR) is 67.8 cm³/mol. The Morgan fingerprint density at radius 3 is 2.72 bits per heavy atom. The van der Waals surface area contributed by atoms with Crippen molar-refractivity contribution < 1.29 is 14.4 Å². The number of nitro benzene ring substituents is 1. The monoisotopic (exact) mass is 254 g/mol. The molecular formula is C12H18N2O4. The summed E-state index contributed by atoms with van der Waals surface area (Å²) in [4.78, 5) is 10.3. The second-order valence-corrected chi connectivity index (χ2v) is 4.01. The molecule has 1 aromatic carbocycles. The smallest absolute Gasteiger partial charge is 0.269 e. The maximum atomic E-state index is 10.7. The van der Waals surface area contributed by atoms with E-state index in [2.05, 4.69) is 0 Å². The highest BCUT2D eigenvalue weighted by Crippen LogP contribution is 2.25. The number of hydrogen-bond acceptors (Lipinski definition) is 5. The van der Waals surface area contributed by atoms with E-state index in [4.69, 9.17) is 15.2 Å². The average molecular weight is 254 g/mol. The lowest BCUT2D eigenvalue weighted by Gasteiger charge is -2.12. The van der Waals surface area contributed by atoms with Crippen LogP contribution in [0.2, 0.25) is 0 Å². The molecule has 0 aliphatic rings. The number of nitrogens with two attached hydrogens (primary N) is 1. The van der Waals surface area contributed by atoms with Crippen LogP contribution in [-0.2, 0) is 11.2 Å². The number of aryl methyl sites for hydroxylation is 1. The first kappa shape index (κ1) is 14.4. The number of benzene rings is 1. The number of methoxy groups -OCH3 is 2. The van der Waals surface area contributed by atoms with Crippen molar-refractivity contribution in [3.05, 3.63) is 33.9 Å². The maximum absolute atomic E-state index is 10.7. The number of ether oxygens (including phenoxy) is 2. The van der Waals surface area contributed by atoms with Gasteiger partial charge in [0.15, 0.2) is 0 Å². The van der Waals surface area contributed by atoms with E-state index in [-0.39, 0.29) is 11.7 Å². The van der Waals surface area contributed by atoms with Crippen molar-refractivity contribution in [2.75, 3.05) is 20.8 Å². The Balaban J connectivity index is 2.78. The van der Waals surface area contributed by atoms with Gasteiger partial charge in [-0.05, 0) is 18.9 Å². The molecule has 1 unspecified atom stereocenters. The van der Waals surface area contributed by atoms with Gasteiger partial charge in [-0.1, -0.05) is 0 Å². The molecule has 0 heterocycles. The second kappa shape index (κ2) is 6.93. The fraction of sp³-hybridized carbons (Fsp3) is 0.500. The zero-order valence-corrected chi connectivity index (χ0v) is 10.6. The summed E-state index contributed by atoms with van der Waals surface area (Å²) in [6, 6.07) is 4.48. The highest BCUT2D eigenvalue weighted by molar-refractivity contribution is 5.43. The van der Waals surface area contributed by atoms with E-state index in [0.717, 1.165) is 5.56 Å². The molecule has 0 radical (unpaired) electrons. The normalized spacial score (nSPS) is 12.2. The highest BCUT2D eigenvalue weighted by atomic mass is 16.6. The molecule has 0 fully saturated rings. The molecule has 100 valence electrons. The van der Waals surface area contributed by atoms with E-state index in [9.17, 15) is 10.1 Å². The third-order valence-electron chi connectivity index (χ3n) is 2.64. The van der Waals surface area contributed by atoms with Crippen LogP contribution in [0.3, 0.4) is 0 Å². The standard InChI is InChI=1S/C12H18N2O4/c1-17-8-10(13)4-3-9-7-11(14(15)16)5-6-12(9)18-2/h5-7,10H,3-4,8,13H2,1-2H3. The Kier molecular flexibility index (Phi) is 5.54. The molecule has 0 saturated carbocycles. The molecular weight excluding hydrogens is 236 g/mol. The highest BCUT2D eigenvalue weighted by Gasteiger charge is 2.12. The van der Waals surface area contributed by atoms with Crippen molar-refractivity contribution in [1.29, 1.82) is 0 Å². The molecule has 1 atom stereocenters. The zero-order valence-electron chi connectivity index (χ0n) is 10.6. The second-order valence-electron chi connectivity index (χ2n) is 4.01. The van der Waals surface area contributed by atoms with Crippen molar-refractivity contribution in [1.82, 2.24) is 0 Å². The molecule has 0 bridgehead atoms. The number of rotatable bonds is 7. The number of non-ortho nitro benzene ring substituents is 1. The lowest BCUT2D eigenvalue weighted by atomic mass is 10.0. The van der Waals surface area contributed by atoms with Crippen LogP contribution < -0.4 is 10.5 Å². The van der Waals surface area contributed by atoms with Gasteiger partial charge in [0.25, 0.3) is 5.69 Å². The van der Waals surface area contributed by atoms with Crippen LogP contribution in [0.25, 0.3) is 0 Å². The summed E-state index contributed by atoms with van der Waals surface area (Å²) in [5.74, 6) is 0.644. The molecule has 1 aromatic rings. The van der Waals surface area contributed by atoms with Gasteiger partial charge in [0.2, 0.25) is 0 Å². The van der Waals surface area contributed by atoms with E-state index in [0.29, 0.717) is 25.2 Å². The largest absolute Gasteiger partial charge is 0.496 e. The maximum Gasteiger partial charge on any atom is 0.269 e. The summed E-state index contributed by atoms with van der Waals surface area (Å²) in [7, 11) is 3.13. The molecule has 2 N–H and O–H groups in total. The summed E-state index contributed by atoms with van der Waals surface area (Å²) in [6.45, 7) is 0.469. The Morgan fingerprint density at radius 1 is 1.44 bits per heavy atom. The third kappa shape index (κ3) is 3.97. The minimum Gasteiger partial charge on any atom is -0.496 e. The van der Waals surface area contributed by atoms with E-state index in [1.54, 1.807) is 20.3 Å². The van der Waals surface area contributed by atoms with Gasteiger partial charge in [0.1, 0.15) is 5.75 Å². The third-order valence-corrected chi connectivity index (χ3v) is 2.64. The van der Waals surface area contributed by atoms with E-state index < -0.39 is 4.92 Å². The minimum absolute atomic E-state index is 0.0612. The average Bonchev–Trinajstić information content (AvgIpc) is 2.36. The van der Waals surface area contributed by atoms with Crippen LogP contribution in [0.4, 0.5) is 5.69 Å². The van der Waals surface area contributed by atoms with Crippen molar-refractivity contribution in [3.63, 3.8) is 0 Å². The van der Waals surface area contributed by atoms with Crippen molar-refractivity contribution >= 4 is 5.69 Å². The number of nitro groups is 1. The predicted octanol–water partition coefficient (Wildman–Crippen LogP) is 1.51. The Morgan fingerprint density at radius 2 is 2.17 bits per heavy atom. The number of hydrogen-bond donors (Lipinski definition) is 1. The first-order valence-corrected chi connectivity index (χ1v) is 5.64. The molecule has 1 rings (SSSR count). The lowest BCUT2D eigenvalue weighted by molar-refractivity contribution is -0.384. The molecule has 6 nitrogen and oxygen atoms in total. The van der Waals surface area contributed by atoms with Crippen LogP contribution in [0.5, 0.6) is 5.75 Å². The van der Waals surface area contributed by atoms with Gasteiger partial charge in [0.05, 0.1) is 18.6 Å².